The van der Waals surface area contributed by atoms with Crippen molar-refractivity contribution in [2.45, 2.75) is 13.0 Å². The molecule has 0 saturated heterocycles. The summed E-state index contributed by atoms with van der Waals surface area (Å²) in [5.41, 5.74) is 2.47. The number of aromatic nitrogens is 1. The molecule has 1 heterocycles. The standard InChI is InChI=1S/C24H19FN2O/c1-16(19-7-6-17-4-2-3-5-20(17)14-19)27-24(28)21-8-9-22(23(25)15-21)18-10-12-26-13-11-18/h2-16H,1H3,(H,27,28). The van der Waals surface area contributed by atoms with Gasteiger partial charge in [0.1, 0.15) is 5.82 Å². The van der Waals surface area contributed by atoms with Gasteiger partial charge in [0.2, 0.25) is 0 Å². The van der Waals surface area contributed by atoms with Gasteiger partial charge in [0.25, 0.3) is 5.91 Å². The summed E-state index contributed by atoms with van der Waals surface area (Å²) in [5.74, 6) is -0.738. The topological polar surface area (TPSA) is 42.0 Å². The van der Waals surface area contributed by atoms with Crippen LogP contribution in [0.4, 0.5) is 4.39 Å². The Labute approximate surface area is 162 Å². The monoisotopic (exact) mass is 370 g/mol. The van der Waals surface area contributed by atoms with Crippen molar-refractivity contribution in [3.63, 3.8) is 0 Å². The summed E-state index contributed by atoms with van der Waals surface area (Å²) in [6.07, 6.45) is 3.22. The first-order valence-corrected chi connectivity index (χ1v) is 9.11. The third-order valence-electron chi connectivity index (χ3n) is 4.84. The Morgan fingerprint density at radius 1 is 0.929 bits per heavy atom. The predicted molar refractivity (Wildman–Crippen MR) is 109 cm³/mol. The fourth-order valence-electron chi connectivity index (χ4n) is 3.26. The number of nitrogens with one attached hydrogen (secondary N) is 1. The molecular formula is C24H19FN2O. The zero-order chi connectivity index (χ0) is 19.5. The molecule has 4 aromatic rings. The molecule has 0 saturated carbocycles. The van der Waals surface area contributed by atoms with Gasteiger partial charge in [-0.3, -0.25) is 9.78 Å². The van der Waals surface area contributed by atoms with Crippen LogP contribution in [0.25, 0.3) is 21.9 Å². The van der Waals surface area contributed by atoms with Gasteiger partial charge in [-0.15, -0.1) is 0 Å². The molecule has 28 heavy (non-hydrogen) atoms. The number of hydrogen-bond acceptors (Lipinski definition) is 2. The molecule has 0 aliphatic heterocycles. The maximum Gasteiger partial charge on any atom is 0.251 e. The molecule has 138 valence electrons. The number of halogens is 1. The van der Waals surface area contributed by atoms with Crippen LogP contribution in [0.1, 0.15) is 28.9 Å². The fourth-order valence-corrected chi connectivity index (χ4v) is 3.26. The van der Waals surface area contributed by atoms with Crippen molar-refractivity contribution in [1.82, 2.24) is 10.3 Å². The molecule has 0 bridgehead atoms. The minimum absolute atomic E-state index is 0.194. The van der Waals surface area contributed by atoms with Crippen LogP contribution in [0.15, 0.2) is 85.2 Å². The van der Waals surface area contributed by atoms with Gasteiger partial charge >= 0.3 is 0 Å². The van der Waals surface area contributed by atoms with E-state index >= 15 is 0 Å². The van der Waals surface area contributed by atoms with Crippen LogP contribution in [0, 0.1) is 5.82 Å². The van der Waals surface area contributed by atoms with Gasteiger partial charge in [-0.1, -0.05) is 42.5 Å². The van der Waals surface area contributed by atoms with Crippen LogP contribution in [-0.4, -0.2) is 10.9 Å². The van der Waals surface area contributed by atoms with Crippen molar-refractivity contribution in [3.05, 3.63) is 102 Å². The zero-order valence-corrected chi connectivity index (χ0v) is 15.4. The Hall–Kier alpha value is -3.53. The molecule has 0 fully saturated rings. The summed E-state index contributed by atoms with van der Waals surface area (Å²) >= 11 is 0. The van der Waals surface area contributed by atoms with Crippen molar-refractivity contribution in [1.29, 1.82) is 0 Å². The molecule has 0 aliphatic rings. The van der Waals surface area contributed by atoms with Gasteiger partial charge < -0.3 is 5.32 Å². The largest absolute Gasteiger partial charge is 0.346 e. The second-order valence-electron chi connectivity index (χ2n) is 6.73. The van der Waals surface area contributed by atoms with Crippen molar-refractivity contribution in [2.75, 3.05) is 0 Å². The van der Waals surface area contributed by atoms with Gasteiger partial charge in [-0.25, -0.2) is 4.39 Å². The van der Waals surface area contributed by atoms with E-state index in [0.29, 0.717) is 11.1 Å². The van der Waals surface area contributed by atoms with Gasteiger partial charge in [-0.2, -0.15) is 0 Å². The number of carbonyl (C=O) groups excluding carboxylic acids is 1. The number of carbonyl (C=O) groups is 1. The molecule has 0 spiro atoms. The van der Waals surface area contributed by atoms with Crippen LogP contribution in [0.3, 0.4) is 0 Å². The normalized spacial score (nSPS) is 11.9. The Morgan fingerprint density at radius 3 is 2.43 bits per heavy atom. The number of hydrogen-bond donors (Lipinski definition) is 1. The summed E-state index contributed by atoms with van der Waals surface area (Å²) in [7, 11) is 0. The number of amides is 1. The summed E-state index contributed by atoms with van der Waals surface area (Å²) in [6.45, 7) is 1.92. The van der Waals surface area contributed by atoms with Gasteiger partial charge in [0.05, 0.1) is 6.04 Å². The van der Waals surface area contributed by atoms with Crippen LogP contribution >= 0.6 is 0 Å². The first-order chi connectivity index (χ1) is 13.6. The Balaban J connectivity index is 1.53. The first-order valence-electron chi connectivity index (χ1n) is 9.11. The predicted octanol–water partition coefficient (Wildman–Crippen LogP) is 5.53. The molecule has 0 radical (unpaired) electrons. The van der Waals surface area contributed by atoms with Gasteiger partial charge in [0.15, 0.2) is 0 Å². The summed E-state index contributed by atoms with van der Waals surface area (Å²) < 4.78 is 14.5. The Kier molecular flexibility index (Phi) is 4.85. The second-order valence-corrected chi connectivity index (χ2v) is 6.73. The van der Waals surface area contributed by atoms with E-state index in [1.165, 1.54) is 6.07 Å². The zero-order valence-electron chi connectivity index (χ0n) is 15.4. The van der Waals surface area contributed by atoms with Crippen molar-refractivity contribution in [3.8, 4) is 11.1 Å². The molecule has 0 aliphatic carbocycles. The third-order valence-corrected chi connectivity index (χ3v) is 4.84. The molecule has 3 nitrogen and oxygen atoms in total. The molecule has 1 aromatic heterocycles. The maximum atomic E-state index is 14.5. The Bertz CT molecular complexity index is 1140. The van der Waals surface area contributed by atoms with E-state index in [2.05, 4.69) is 22.4 Å². The number of benzene rings is 3. The molecular weight excluding hydrogens is 351 g/mol. The van der Waals surface area contributed by atoms with Crippen LogP contribution in [0.5, 0.6) is 0 Å². The SMILES string of the molecule is CC(NC(=O)c1ccc(-c2ccncc2)c(F)c1)c1ccc2ccccc2c1. The average molecular weight is 370 g/mol. The van der Waals surface area contributed by atoms with E-state index in [0.717, 1.165) is 21.9 Å². The highest BCUT2D eigenvalue weighted by molar-refractivity contribution is 5.95. The first kappa shape index (κ1) is 17.9. The van der Waals surface area contributed by atoms with Crippen molar-refractivity contribution < 1.29 is 9.18 Å². The van der Waals surface area contributed by atoms with Crippen LogP contribution in [0.2, 0.25) is 0 Å². The van der Waals surface area contributed by atoms with Crippen molar-refractivity contribution in [2.24, 2.45) is 0 Å². The minimum Gasteiger partial charge on any atom is -0.346 e. The maximum absolute atomic E-state index is 14.5. The second kappa shape index (κ2) is 7.61. The van der Waals surface area contributed by atoms with E-state index in [9.17, 15) is 9.18 Å². The lowest BCUT2D eigenvalue weighted by Gasteiger charge is -2.15. The molecule has 1 unspecified atom stereocenters. The highest BCUT2D eigenvalue weighted by atomic mass is 19.1. The lowest BCUT2D eigenvalue weighted by atomic mass is 10.0. The summed E-state index contributed by atoms with van der Waals surface area (Å²) in [5, 5.41) is 5.22. The number of fused-ring (bicyclic) bond motifs is 1. The molecule has 1 amide bonds. The van der Waals surface area contributed by atoms with E-state index in [4.69, 9.17) is 0 Å². The minimum atomic E-state index is -0.433. The van der Waals surface area contributed by atoms with E-state index in [1.807, 2.05) is 37.3 Å². The van der Waals surface area contributed by atoms with E-state index < -0.39 is 5.82 Å². The summed E-state index contributed by atoms with van der Waals surface area (Å²) in [4.78, 5) is 16.5. The third kappa shape index (κ3) is 3.62. The number of rotatable bonds is 4. The molecule has 1 N–H and O–H groups in total. The smallest absolute Gasteiger partial charge is 0.251 e. The van der Waals surface area contributed by atoms with Crippen molar-refractivity contribution >= 4 is 16.7 Å². The Morgan fingerprint density at radius 2 is 1.68 bits per heavy atom. The lowest BCUT2D eigenvalue weighted by molar-refractivity contribution is 0.0939. The number of pyridine rings is 1. The van der Waals surface area contributed by atoms with Gasteiger partial charge in [-0.05, 0) is 59.2 Å². The summed E-state index contributed by atoms with van der Waals surface area (Å²) in [6, 6.07) is 22.0. The highest BCUT2D eigenvalue weighted by Crippen LogP contribution is 2.24. The molecule has 1 atom stereocenters. The van der Waals surface area contributed by atoms with E-state index in [1.54, 1.807) is 36.7 Å². The number of nitrogens with zero attached hydrogens (tertiary/aromatic N) is 1. The van der Waals surface area contributed by atoms with Crippen LogP contribution < -0.4 is 5.32 Å². The average Bonchev–Trinajstić information content (AvgIpc) is 2.73. The van der Waals surface area contributed by atoms with E-state index in [-0.39, 0.29) is 11.9 Å². The quantitative estimate of drug-likeness (QED) is 0.513. The molecule has 4 rings (SSSR count). The lowest BCUT2D eigenvalue weighted by Crippen LogP contribution is -2.26. The van der Waals surface area contributed by atoms with Gasteiger partial charge in [0, 0.05) is 23.5 Å². The van der Waals surface area contributed by atoms with Crippen LogP contribution in [-0.2, 0) is 0 Å². The fraction of sp³-hybridized carbons (Fsp3) is 0.0833. The molecule has 4 heteroatoms. The molecule has 3 aromatic carbocycles. The highest BCUT2D eigenvalue weighted by Gasteiger charge is 2.14.